The molecule has 4 nitrogen and oxygen atoms in total. The Kier molecular flexibility index (Phi) is 3.74. The van der Waals surface area contributed by atoms with Gasteiger partial charge in [0.25, 0.3) is 11.7 Å². The zero-order valence-electron chi connectivity index (χ0n) is 8.00. The first-order valence-corrected chi connectivity index (χ1v) is 4.36. The minimum Gasteiger partial charge on any atom is -0.480 e. The van der Waals surface area contributed by atoms with E-state index >= 15 is 0 Å². The van der Waals surface area contributed by atoms with Gasteiger partial charge in [-0.05, 0) is 17.7 Å². The predicted molar refractivity (Wildman–Crippen MR) is 50.6 cm³/mol. The summed E-state index contributed by atoms with van der Waals surface area (Å²) in [5, 5.41) is 7.53. The van der Waals surface area contributed by atoms with E-state index in [2.05, 4.69) is 9.72 Å². The molecular formula is C9H5ClF2N2O2. The molecule has 1 aromatic heterocycles. The normalized spacial score (nSPS) is 10.0. The Morgan fingerprint density at radius 2 is 2.31 bits per heavy atom. The van der Waals surface area contributed by atoms with Crippen molar-refractivity contribution >= 4 is 16.8 Å². The highest BCUT2D eigenvalue weighted by molar-refractivity contribution is 6.67. The van der Waals surface area contributed by atoms with Gasteiger partial charge in [-0.2, -0.15) is 5.26 Å². The topological polar surface area (TPSA) is 63.0 Å². The maximum Gasteiger partial charge on any atom is 0.271 e. The summed E-state index contributed by atoms with van der Waals surface area (Å²) in [6.45, 7) is 0. The summed E-state index contributed by atoms with van der Waals surface area (Å²) in [5.41, 5.74) is -1.47. The molecule has 0 aliphatic rings. The predicted octanol–water partition coefficient (Wildman–Crippen LogP) is 2.28. The second-order valence-corrected chi connectivity index (χ2v) is 3.01. The number of ether oxygens (including phenoxy) is 1. The first-order chi connectivity index (χ1) is 7.51. The van der Waals surface area contributed by atoms with Crippen molar-refractivity contribution in [2.24, 2.45) is 0 Å². The number of hydrogen-bond donors (Lipinski definition) is 0. The van der Waals surface area contributed by atoms with E-state index < -0.39 is 22.9 Å². The van der Waals surface area contributed by atoms with E-state index in [1.165, 1.54) is 7.11 Å². The van der Waals surface area contributed by atoms with Crippen LogP contribution in [0.3, 0.4) is 0 Å². The molecule has 0 unspecified atom stereocenters. The van der Waals surface area contributed by atoms with Crippen LogP contribution in [-0.2, 0) is 0 Å². The molecule has 1 rings (SSSR count). The summed E-state index contributed by atoms with van der Waals surface area (Å²) in [6.07, 6.45) is -2.94. The number of rotatable bonds is 3. The summed E-state index contributed by atoms with van der Waals surface area (Å²) >= 11 is 5.10. The van der Waals surface area contributed by atoms with Gasteiger partial charge >= 0.3 is 0 Å². The van der Waals surface area contributed by atoms with E-state index in [1.807, 2.05) is 0 Å². The molecule has 0 fully saturated rings. The van der Waals surface area contributed by atoms with Gasteiger partial charge in [0.15, 0.2) is 0 Å². The monoisotopic (exact) mass is 246 g/mol. The number of nitrogens with zero attached hydrogens (tertiary/aromatic N) is 2. The molecule has 0 radical (unpaired) electrons. The minimum absolute atomic E-state index is 0.181. The van der Waals surface area contributed by atoms with Gasteiger partial charge in [0.1, 0.15) is 17.3 Å². The molecule has 0 N–H and O–H groups in total. The van der Waals surface area contributed by atoms with E-state index in [9.17, 15) is 13.6 Å². The molecule has 1 heterocycles. The van der Waals surface area contributed by atoms with Crippen LogP contribution in [0.15, 0.2) is 6.07 Å². The van der Waals surface area contributed by atoms with E-state index in [4.69, 9.17) is 16.9 Å². The fraction of sp³-hybridized carbons (Fsp3) is 0.222. The number of nitriles is 1. The summed E-state index contributed by atoms with van der Waals surface area (Å²) in [5.74, 6) is -0.212. The average Bonchev–Trinajstić information content (AvgIpc) is 2.26. The zero-order valence-corrected chi connectivity index (χ0v) is 8.76. The lowest BCUT2D eigenvalue weighted by molar-refractivity contribution is 0.105. The van der Waals surface area contributed by atoms with E-state index in [0.717, 1.165) is 6.07 Å². The molecule has 7 heteroatoms. The molecular weight excluding hydrogens is 242 g/mol. The zero-order chi connectivity index (χ0) is 12.3. The van der Waals surface area contributed by atoms with Crippen LogP contribution in [0.2, 0.25) is 0 Å². The molecule has 0 bridgehead atoms. The standard InChI is InChI=1S/C9H5ClF2N2O2/c1-16-9-4(3-13)2-5(8(11)12)6(14-9)7(10)15/h2,8H,1H3. The molecule has 0 saturated carbocycles. The summed E-state index contributed by atoms with van der Waals surface area (Å²) in [4.78, 5) is 14.3. The van der Waals surface area contributed by atoms with E-state index in [-0.39, 0.29) is 11.4 Å². The molecule has 0 aliphatic heterocycles. The Morgan fingerprint density at radius 3 is 2.69 bits per heavy atom. The molecule has 0 spiro atoms. The maximum absolute atomic E-state index is 12.5. The Bertz CT molecular complexity index is 471. The fourth-order valence-electron chi connectivity index (χ4n) is 1.07. The van der Waals surface area contributed by atoms with Gasteiger partial charge < -0.3 is 4.74 Å². The number of halogens is 3. The van der Waals surface area contributed by atoms with Crippen LogP contribution in [0.4, 0.5) is 8.78 Å². The number of carbonyl (C=O) groups is 1. The number of pyridine rings is 1. The van der Waals surface area contributed by atoms with Gasteiger partial charge in [-0.3, -0.25) is 4.79 Å². The van der Waals surface area contributed by atoms with Crippen molar-refractivity contribution in [3.05, 3.63) is 22.9 Å². The first-order valence-electron chi connectivity index (χ1n) is 3.98. The number of aromatic nitrogens is 1. The van der Waals surface area contributed by atoms with E-state index in [0.29, 0.717) is 0 Å². The molecule has 0 aromatic carbocycles. The highest BCUT2D eigenvalue weighted by Crippen LogP contribution is 2.27. The highest BCUT2D eigenvalue weighted by atomic mass is 35.5. The van der Waals surface area contributed by atoms with Crippen LogP contribution in [0.25, 0.3) is 0 Å². The van der Waals surface area contributed by atoms with Crippen LogP contribution >= 0.6 is 11.6 Å². The van der Waals surface area contributed by atoms with Gasteiger partial charge in [-0.1, -0.05) is 0 Å². The summed E-state index contributed by atoms with van der Waals surface area (Å²) in [7, 11) is 1.20. The lowest BCUT2D eigenvalue weighted by Gasteiger charge is -2.08. The minimum atomic E-state index is -2.94. The second-order valence-electron chi connectivity index (χ2n) is 2.67. The lowest BCUT2D eigenvalue weighted by atomic mass is 10.1. The Morgan fingerprint density at radius 1 is 1.69 bits per heavy atom. The van der Waals surface area contributed by atoms with Crippen LogP contribution in [-0.4, -0.2) is 17.3 Å². The van der Waals surface area contributed by atoms with Gasteiger partial charge in [0.2, 0.25) is 5.88 Å². The SMILES string of the molecule is COc1nc(C(=O)Cl)c(C(F)F)cc1C#N. The van der Waals surface area contributed by atoms with Crippen molar-refractivity contribution in [2.45, 2.75) is 6.43 Å². The number of alkyl halides is 2. The highest BCUT2D eigenvalue weighted by Gasteiger charge is 2.22. The molecule has 16 heavy (non-hydrogen) atoms. The molecule has 0 amide bonds. The van der Waals surface area contributed by atoms with Gasteiger partial charge in [0, 0.05) is 0 Å². The molecule has 1 aromatic rings. The van der Waals surface area contributed by atoms with Crippen molar-refractivity contribution in [3.63, 3.8) is 0 Å². The van der Waals surface area contributed by atoms with Crippen molar-refractivity contribution in [1.29, 1.82) is 5.26 Å². The van der Waals surface area contributed by atoms with Crippen LogP contribution in [0, 0.1) is 11.3 Å². The third-order valence-corrected chi connectivity index (χ3v) is 1.93. The molecule has 0 atom stereocenters. The van der Waals surface area contributed by atoms with Crippen molar-refractivity contribution < 1.29 is 18.3 Å². The van der Waals surface area contributed by atoms with Crippen molar-refractivity contribution in [2.75, 3.05) is 7.11 Å². The summed E-state index contributed by atoms with van der Waals surface area (Å²) in [6, 6.07) is 2.47. The van der Waals surface area contributed by atoms with Crippen LogP contribution in [0.1, 0.15) is 28.0 Å². The average molecular weight is 247 g/mol. The quantitative estimate of drug-likeness (QED) is 0.768. The second kappa shape index (κ2) is 4.86. The summed E-state index contributed by atoms with van der Waals surface area (Å²) < 4.78 is 29.7. The molecule has 84 valence electrons. The molecule has 0 saturated heterocycles. The first kappa shape index (κ1) is 12.3. The van der Waals surface area contributed by atoms with Crippen molar-refractivity contribution in [1.82, 2.24) is 4.98 Å². The molecule has 0 aliphatic carbocycles. The van der Waals surface area contributed by atoms with Gasteiger partial charge in [0.05, 0.1) is 12.7 Å². The number of methoxy groups -OCH3 is 1. The Labute approximate surface area is 94.4 Å². The smallest absolute Gasteiger partial charge is 0.271 e. The van der Waals surface area contributed by atoms with E-state index in [1.54, 1.807) is 6.07 Å². The number of carbonyl (C=O) groups excluding carboxylic acids is 1. The fourth-order valence-corrected chi connectivity index (χ4v) is 1.22. The lowest BCUT2D eigenvalue weighted by Crippen LogP contribution is -2.05. The van der Waals surface area contributed by atoms with Crippen LogP contribution in [0.5, 0.6) is 5.88 Å². The Balaban J connectivity index is 3.49. The maximum atomic E-state index is 12.5. The van der Waals surface area contributed by atoms with Gasteiger partial charge in [-0.25, -0.2) is 13.8 Å². The van der Waals surface area contributed by atoms with Gasteiger partial charge in [-0.15, -0.1) is 0 Å². The van der Waals surface area contributed by atoms with Crippen molar-refractivity contribution in [3.8, 4) is 11.9 Å². The third-order valence-electron chi connectivity index (χ3n) is 1.75. The largest absolute Gasteiger partial charge is 0.480 e. The van der Waals surface area contributed by atoms with Crippen LogP contribution < -0.4 is 4.74 Å². The third kappa shape index (κ3) is 2.25. The Hall–Kier alpha value is -1.74. The number of hydrogen-bond acceptors (Lipinski definition) is 4.